The minimum atomic E-state index is -0.498. The number of esters is 1. The maximum atomic E-state index is 13.2. The fraction of sp³-hybridized carbons (Fsp3) is 0.385. The molecule has 2 aromatic heterocycles. The molecule has 1 aliphatic heterocycles. The van der Waals surface area contributed by atoms with Crippen LogP contribution in [0.5, 0.6) is 0 Å². The number of ether oxygens (including phenoxy) is 2. The van der Waals surface area contributed by atoms with Crippen LogP contribution in [0, 0.1) is 0 Å². The molecule has 0 aliphatic carbocycles. The lowest BCUT2D eigenvalue weighted by molar-refractivity contribution is 0.0159. The van der Waals surface area contributed by atoms with Crippen molar-refractivity contribution < 1.29 is 19.1 Å². The molecule has 6 rings (SSSR count). The van der Waals surface area contributed by atoms with Crippen LogP contribution in [0.3, 0.4) is 0 Å². The third kappa shape index (κ3) is 8.41. The van der Waals surface area contributed by atoms with Gasteiger partial charge in [-0.1, -0.05) is 73.5 Å². The van der Waals surface area contributed by atoms with Gasteiger partial charge in [-0.25, -0.2) is 9.78 Å². The van der Waals surface area contributed by atoms with Crippen LogP contribution in [0.2, 0.25) is 5.15 Å². The summed E-state index contributed by atoms with van der Waals surface area (Å²) in [5.41, 5.74) is 5.49. The fourth-order valence-corrected chi connectivity index (χ4v) is 6.60. The maximum Gasteiger partial charge on any atom is 0.338 e. The summed E-state index contributed by atoms with van der Waals surface area (Å²) in [6.07, 6.45) is 2.38. The van der Waals surface area contributed by atoms with E-state index in [1.165, 1.54) is 0 Å². The van der Waals surface area contributed by atoms with Gasteiger partial charge in [0.15, 0.2) is 17.2 Å². The van der Waals surface area contributed by atoms with E-state index in [2.05, 4.69) is 67.2 Å². The van der Waals surface area contributed by atoms with Crippen LogP contribution < -0.4 is 0 Å². The molecule has 0 N–H and O–H groups in total. The first kappa shape index (κ1) is 36.9. The van der Waals surface area contributed by atoms with E-state index in [1.54, 1.807) is 28.9 Å². The number of aryl methyl sites for hydroxylation is 1. The van der Waals surface area contributed by atoms with Gasteiger partial charge in [-0.3, -0.25) is 4.79 Å². The molecule has 5 aromatic rings. The van der Waals surface area contributed by atoms with Gasteiger partial charge in [-0.05, 0) is 78.7 Å². The molecule has 0 spiro atoms. The maximum absolute atomic E-state index is 13.2. The molecule has 0 bridgehead atoms. The van der Waals surface area contributed by atoms with E-state index in [0.29, 0.717) is 54.0 Å². The van der Waals surface area contributed by atoms with Crippen LogP contribution in [0.4, 0.5) is 0 Å². The van der Waals surface area contributed by atoms with E-state index < -0.39 is 5.97 Å². The number of halogens is 1. The summed E-state index contributed by atoms with van der Waals surface area (Å²) < 4.78 is 15.3. The second-order valence-electron chi connectivity index (χ2n) is 12.9. The first-order chi connectivity index (χ1) is 25.3. The Morgan fingerprint density at radius 3 is 2.29 bits per heavy atom. The number of rotatable bonds is 14. The zero-order chi connectivity index (χ0) is 36.6. The zero-order valence-electron chi connectivity index (χ0n) is 30.2. The lowest BCUT2D eigenvalue weighted by atomic mass is 9.98. The van der Waals surface area contributed by atoms with Crippen LogP contribution in [0.25, 0.3) is 22.5 Å². The van der Waals surface area contributed by atoms with Crippen molar-refractivity contribution in [3.63, 3.8) is 0 Å². The second kappa shape index (κ2) is 17.1. The number of carbonyl (C=O) groups excluding carboxylic acids is 2. The number of aromatic nitrogens is 6. The molecule has 52 heavy (non-hydrogen) atoms. The number of benzene rings is 3. The van der Waals surface area contributed by atoms with Crippen molar-refractivity contribution >= 4 is 23.5 Å². The van der Waals surface area contributed by atoms with Crippen LogP contribution in [0.1, 0.15) is 77.6 Å². The summed E-state index contributed by atoms with van der Waals surface area (Å²) in [5, 5.41) is 12.7. The minimum Gasteiger partial charge on any atom is -0.456 e. The summed E-state index contributed by atoms with van der Waals surface area (Å²) in [6.45, 7) is 10.0. The quantitative estimate of drug-likeness (QED) is 0.118. The van der Waals surface area contributed by atoms with Gasteiger partial charge in [0.1, 0.15) is 12.4 Å². The Balaban J connectivity index is 1.17. The number of hydrogen-bond acceptors (Lipinski definition) is 9. The number of likely N-dealkylation sites (N-methyl/N-ethyl adjacent to an activating group) is 1. The number of nitrogens with zero attached hydrogens (tertiary/aromatic N) is 8. The number of piperazine rings is 1. The number of hydrogen-bond donors (Lipinski definition) is 0. The summed E-state index contributed by atoms with van der Waals surface area (Å²) in [7, 11) is 2.05. The van der Waals surface area contributed by atoms with Crippen LogP contribution in [-0.2, 0) is 29.0 Å². The standard InChI is InChI=1S/C39H45ClN8O4/c1-5-7-12-35-41-36(40)34(26-52-39(50)31-19-17-30(18-20-31)38(49)46-23-21-45(4)22-24-46)47(35)25-28-13-15-29(16-14-28)32-10-8-9-11-33(32)37-42-43-44-48(37)27(3)51-6-2/h8-11,13-20,27H,5-7,12,21-26H2,1-4H3. The Morgan fingerprint density at radius 2 is 1.60 bits per heavy atom. The predicted molar refractivity (Wildman–Crippen MR) is 199 cm³/mol. The van der Waals surface area contributed by atoms with Gasteiger partial charge in [0.05, 0.1) is 11.3 Å². The van der Waals surface area contributed by atoms with Gasteiger partial charge in [0.25, 0.3) is 5.91 Å². The zero-order valence-corrected chi connectivity index (χ0v) is 30.9. The first-order valence-corrected chi connectivity index (χ1v) is 18.2. The molecule has 1 atom stereocenters. The minimum absolute atomic E-state index is 0.0329. The van der Waals surface area contributed by atoms with Gasteiger partial charge in [0, 0.05) is 56.9 Å². The normalized spacial score (nSPS) is 14.1. The molecule has 1 fully saturated rings. The summed E-state index contributed by atoms with van der Waals surface area (Å²) in [6, 6.07) is 23.0. The highest BCUT2D eigenvalue weighted by atomic mass is 35.5. The summed E-state index contributed by atoms with van der Waals surface area (Å²) in [4.78, 5) is 34.8. The molecule has 3 heterocycles. The van der Waals surface area contributed by atoms with E-state index in [9.17, 15) is 9.59 Å². The predicted octanol–water partition coefficient (Wildman–Crippen LogP) is 6.55. The molecule has 0 saturated carbocycles. The summed E-state index contributed by atoms with van der Waals surface area (Å²) >= 11 is 6.69. The lowest BCUT2D eigenvalue weighted by Crippen LogP contribution is -2.47. The highest BCUT2D eigenvalue weighted by Crippen LogP contribution is 2.32. The molecule has 13 heteroatoms. The van der Waals surface area contributed by atoms with Gasteiger partial charge >= 0.3 is 5.97 Å². The van der Waals surface area contributed by atoms with Crippen molar-refractivity contribution in [2.75, 3.05) is 39.8 Å². The van der Waals surface area contributed by atoms with E-state index in [0.717, 1.165) is 60.4 Å². The number of imidazole rings is 1. The number of tetrazole rings is 1. The van der Waals surface area contributed by atoms with Crippen LogP contribution in [-0.4, -0.2) is 91.3 Å². The van der Waals surface area contributed by atoms with Crippen molar-refractivity contribution in [2.24, 2.45) is 0 Å². The van der Waals surface area contributed by atoms with E-state index in [-0.39, 0.29) is 18.7 Å². The Morgan fingerprint density at radius 1 is 0.904 bits per heavy atom. The van der Waals surface area contributed by atoms with Gasteiger partial charge < -0.3 is 23.8 Å². The van der Waals surface area contributed by atoms with E-state index in [4.69, 9.17) is 21.1 Å². The highest BCUT2D eigenvalue weighted by Gasteiger charge is 2.23. The average Bonchev–Trinajstić information content (AvgIpc) is 3.78. The highest BCUT2D eigenvalue weighted by molar-refractivity contribution is 6.30. The van der Waals surface area contributed by atoms with Crippen molar-refractivity contribution in [3.8, 4) is 22.5 Å². The van der Waals surface area contributed by atoms with Crippen molar-refractivity contribution in [1.82, 2.24) is 39.6 Å². The van der Waals surface area contributed by atoms with Gasteiger partial charge in [-0.15, -0.1) is 5.10 Å². The molecule has 3 aromatic carbocycles. The Kier molecular flexibility index (Phi) is 12.1. The molecular weight excluding hydrogens is 680 g/mol. The topological polar surface area (TPSA) is 121 Å². The lowest BCUT2D eigenvalue weighted by Gasteiger charge is -2.32. The van der Waals surface area contributed by atoms with Gasteiger partial charge in [-0.2, -0.15) is 4.68 Å². The molecule has 1 unspecified atom stereocenters. The molecule has 1 saturated heterocycles. The van der Waals surface area contributed by atoms with Crippen LogP contribution in [0.15, 0.2) is 72.8 Å². The van der Waals surface area contributed by atoms with E-state index >= 15 is 0 Å². The molecular formula is C39H45ClN8O4. The largest absolute Gasteiger partial charge is 0.456 e. The molecule has 1 amide bonds. The smallest absolute Gasteiger partial charge is 0.338 e. The Bertz CT molecular complexity index is 1970. The summed E-state index contributed by atoms with van der Waals surface area (Å²) in [5.74, 6) is 0.939. The van der Waals surface area contributed by atoms with Crippen molar-refractivity contribution in [3.05, 3.63) is 106 Å². The van der Waals surface area contributed by atoms with Crippen molar-refractivity contribution in [2.45, 2.75) is 59.4 Å². The number of unbranched alkanes of at least 4 members (excludes halogenated alkanes) is 1. The van der Waals surface area contributed by atoms with E-state index in [1.807, 2.05) is 44.0 Å². The number of amides is 1. The number of carbonyl (C=O) groups is 2. The third-order valence-corrected chi connectivity index (χ3v) is 9.68. The van der Waals surface area contributed by atoms with Crippen molar-refractivity contribution in [1.29, 1.82) is 0 Å². The third-order valence-electron chi connectivity index (χ3n) is 9.37. The second-order valence-corrected chi connectivity index (χ2v) is 13.3. The first-order valence-electron chi connectivity index (χ1n) is 17.8. The molecule has 0 radical (unpaired) electrons. The Labute approximate surface area is 309 Å². The monoisotopic (exact) mass is 724 g/mol. The van der Waals surface area contributed by atoms with Gasteiger partial charge in [0.2, 0.25) is 0 Å². The van der Waals surface area contributed by atoms with Crippen LogP contribution >= 0.6 is 11.6 Å². The Hall–Kier alpha value is -4.91. The SMILES string of the molecule is CCCCc1nc(Cl)c(COC(=O)c2ccc(C(=O)N3CCN(C)CC3)cc2)n1Cc1ccc(-c2ccccc2-c2nnnn2C(C)OCC)cc1. The molecule has 1 aliphatic rings. The fourth-order valence-electron chi connectivity index (χ4n) is 6.34. The average molecular weight is 725 g/mol. The molecule has 272 valence electrons. The molecule has 12 nitrogen and oxygen atoms in total.